The Bertz CT molecular complexity index is 102. The van der Waals surface area contributed by atoms with Gasteiger partial charge in [-0.1, -0.05) is 6.92 Å². The molecule has 0 aromatic rings. The van der Waals surface area contributed by atoms with Crippen LogP contribution in [0.1, 0.15) is 19.8 Å². The third kappa shape index (κ3) is 2.80. The second kappa shape index (κ2) is 4.73. The number of nitrogens with one attached hydrogen (secondary N) is 1. The maximum Gasteiger partial charge on any atom is 0.00217 e. The van der Waals surface area contributed by atoms with Crippen molar-refractivity contribution < 1.29 is 0 Å². The Kier molecular flexibility index (Phi) is 3.87. The Morgan fingerprint density at radius 3 is 3.00 bits per heavy atom. The molecular formula is C9H20N2. The fourth-order valence-electron chi connectivity index (χ4n) is 1.89. The first-order valence-electron chi connectivity index (χ1n) is 4.73. The lowest BCUT2D eigenvalue weighted by atomic mass is 9.98. The van der Waals surface area contributed by atoms with Crippen LogP contribution in [0.3, 0.4) is 0 Å². The second-order valence-electron chi connectivity index (χ2n) is 3.46. The molecule has 0 aliphatic carbocycles. The quantitative estimate of drug-likeness (QED) is 0.654. The van der Waals surface area contributed by atoms with Crippen LogP contribution < -0.4 is 5.32 Å². The molecule has 0 radical (unpaired) electrons. The highest BCUT2D eigenvalue weighted by Crippen LogP contribution is 2.14. The molecule has 2 nitrogen and oxygen atoms in total. The summed E-state index contributed by atoms with van der Waals surface area (Å²) >= 11 is 0. The van der Waals surface area contributed by atoms with Gasteiger partial charge in [-0.25, -0.2) is 0 Å². The minimum absolute atomic E-state index is 0.897. The minimum Gasteiger partial charge on any atom is -0.319 e. The van der Waals surface area contributed by atoms with E-state index in [1.54, 1.807) is 0 Å². The largest absolute Gasteiger partial charge is 0.319 e. The molecule has 0 aromatic heterocycles. The van der Waals surface area contributed by atoms with Crippen molar-refractivity contribution in [2.45, 2.75) is 19.8 Å². The zero-order valence-electron chi connectivity index (χ0n) is 7.77. The third-order valence-corrected chi connectivity index (χ3v) is 2.54. The Morgan fingerprint density at radius 1 is 1.55 bits per heavy atom. The van der Waals surface area contributed by atoms with Crippen LogP contribution in [0.2, 0.25) is 0 Å². The van der Waals surface area contributed by atoms with Gasteiger partial charge in [0.2, 0.25) is 0 Å². The van der Waals surface area contributed by atoms with Gasteiger partial charge in [0.25, 0.3) is 0 Å². The normalized spacial score (nSPS) is 27.3. The smallest absolute Gasteiger partial charge is 0.00217 e. The van der Waals surface area contributed by atoms with E-state index in [1.165, 1.54) is 39.0 Å². The molecule has 1 N–H and O–H groups in total. The van der Waals surface area contributed by atoms with Gasteiger partial charge in [0.1, 0.15) is 0 Å². The fourth-order valence-corrected chi connectivity index (χ4v) is 1.89. The molecular weight excluding hydrogens is 136 g/mol. The SMILES string of the molecule is CCN1CCCC(CNC)C1. The average Bonchev–Trinajstić information content (AvgIpc) is 2.06. The van der Waals surface area contributed by atoms with Gasteiger partial charge in [-0.05, 0) is 45.4 Å². The summed E-state index contributed by atoms with van der Waals surface area (Å²) < 4.78 is 0. The highest BCUT2D eigenvalue weighted by Gasteiger charge is 2.17. The first-order chi connectivity index (χ1) is 5.36. The number of hydrogen-bond acceptors (Lipinski definition) is 2. The summed E-state index contributed by atoms with van der Waals surface area (Å²) in [5.41, 5.74) is 0. The molecule has 1 aliphatic rings. The van der Waals surface area contributed by atoms with Gasteiger partial charge >= 0.3 is 0 Å². The van der Waals surface area contributed by atoms with E-state index in [-0.39, 0.29) is 0 Å². The average molecular weight is 156 g/mol. The van der Waals surface area contributed by atoms with E-state index in [9.17, 15) is 0 Å². The topological polar surface area (TPSA) is 15.3 Å². The Hall–Kier alpha value is -0.0800. The van der Waals surface area contributed by atoms with E-state index in [1.807, 2.05) is 7.05 Å². The molecule has 1 heterocycles. The van der Waals surface area contributed by atoms with Crippen LogP contribution in [0.4, 0.5) is 0 Å². The van der Waals surface area contributed by atoms with Crippen molar-refractivity contribution in [1.82, 2.24) is 10.2 Å². The van der Waals surface area contributed by atoms with Gasteiger partial charge in [0, 0.05) is 6.54 Å². The van der Waals surface area contributed by atoms with Crippen molar-refractivity contribution in [2.75, 3.05) is 33.2 Å². The molecule has 1 saturated heterocycles. The van der Waals surface area contributed by atoms with Gasteiger partial charge in [0.15, 0.2) is 0 Å². The Balaban J connectivity index is 2.21. The van der Waals surface area contributed by atoms with Crippen molar-refractivity contribution in [3.05, 3.63) is 0 Å². The summed E-state index contributed by atoms with van der Waals surface area (Å²) in [6.07, 6.45) is 2.80. The number of likely N-dealkylation sites (tertiary alicyclic amines) is 1. The molecule has 0 amide bonds. The molecule has 1 unspecified atom stereocenters. The molecule has 11 heavy (non-hydrogen) atoms. The van der Waals surface area contributed by atoms with Gasteiger partial charge in [-0.3, -0.25) is 0 Å². The van der Waals surface area contributed by atoms with Crippen molar-refractivity contribution >= 4 is 0 Å². The molecule has 1 rings (SSSR count). The molecule has 66 valence electrons. The molecule has 0 aromatic carbocycles. The van der Waals surface area contributed by atoms with Gasteiger partial charge in [0.05, 0.1) is 0 Å². The van der Waals surface area contributed by atoms with Crippen molar-refractivity contribution in [3.8, 4) is 0 Å². The lowest BCUT2D eigenvalue weighted by Gasteiger charge is -2.31. The first-order valence-corrected chi connectivity index (χ1v) is 4.73. The highest BCUT2D eigenvalue weighted by molar-refractivity contribution is 4.72. The van der Waals surface area contributed by atoms with Crippen molar-refractivity contribution in [3.63, 3.8) is 0 Å². The molecule has 1 fully saturated rings. The molecule has 1 atom stereocenters. The zero-order chi connectivity index (χ0) is 8.10. The van der Waals surface area contributed by atoms with E-state index >= 15 is 0 Å². The van der Waals surface area contributed by atoms with Crippen molar-refractivity contribution in [2.24, 2.45) is 5.92 Å². The predicted molar refractivity (Wildman–Crippen MR) is 48.8 cm³/mol. The van der Waals surface area contributed by atoms with Gasteiger partial charge in [-0.2, -0.15) is 0 Å². The van der Waals surface area contributed by atoms with Crippen LogP contribution in [0.25, 0.3) is 0 Å². The van der Waals surface area contributed by atoms with Gasteiger partial charge in [-0.15, -0.1) is 0 Å². The van der Waals surface area contributed by atoms with Crippen LogP contribution in [-0.2, 0) is 0 Å². The number of hydrogen-bond donors (Lipinski definition) is 1. The van der Waals surface area contributed by atoms with Gasteiger partial charge < -0.3 is 10.2 Å². The number of nitrogens with zero attached hydrogens (tertiary/aromatic N) is 1. The molecule has 0 bridgehead atoms. The minimum atomic E-state index is 0.897. The summed E-state index contributed by atoms with van der Waals surface area (Å²) in [6.45, 7) is 7.28. The second-order valence-corrected chi connectivity index (χ2v) is 3.46. The summed E-state index contributed by atoms with van der Waals surface area (Å²) in [7, 11) is 2.05. The Labute approximate surface area is 70.0 Å². The molecule has 2 heteroatoms. The Morgan fingerprint density at radius 2 is 2.36 bits per heavy atom. The first kappa shape index (κ1) is 9.01. The van der Waals surface area contributed by atoms with E-state index in [4.69, 9.17) is 0 Å². The standard InChI is InChI=1S/C9H20N2/c1-3-11-6-4-5-9(8-11)7-10-2/h9-10H,3-8H2,1-2H3. The lowest BCUT2D eigenvalue weighted by molar-refractivity contribution is 0.182. The third-order valence-electron chi connectivity index (χ3n) is 2.54. The van der Waals surface area contributed by atoms with Crippen LogP contribution in [0, 0.1) is 5.92 Å². The predicted octanol–water partition coefficient (Wildman–Crippen LogP) is 0.938. The maximum absolute atomic E-state index is 3.26. The summed E-state index contributed by atoms with van der Waals surface area (Å²) in [5, 5.41) is 3.26. The van der Waals surface area contributed by atoms with E-state index in [2.05, 4.69) is 17.1 Å². The van der Waals surface area contributed by atoms with Crippen LogP contribution >= 0.6 is 0 Å². The van der Waals surface area contributed by atoms with Crippen LogP contribution in [-0.4, -0.2) is 38.1 Å². The lowest BCUT2D eigenvalue weighted by Crippen LogP contribution is -2.38. The fraction of sp³-hybridized carbons (Fsp3) is 1.00. The monoisotopic (exact) mass is 156 g/mol. The van der Waals surface area contributed by atoms with E-state index < -0.39 is 0 Å². The summed E-state index contributed by atoms with van der Waals surface area (Å²) in [6, 6.07) is 0. The summed E-state index contributed by atoms with van der Waals surface area (Å²) in [5.74, 6) is 0.897. The van der Waals surface area contributed by atoms with E-state index in [0.29, 0.717) is 0 Å². The van der Waals surface area contributed by atoms with Crippen LogP contribution in [0.15, 0.2) is 0 Å². The number of rotatable bonds is 3. The molecule has 0 spiro atoms. The zero-order valence-corrected chi connectivity index (χ0v) is 7.77. The molecule has 0 saturated carbocycles. The number of piperidine rings is 1. The highest BCUT2D eigenvalue weighted by atomic mass is 15.1. The van der Waals surface area contributed by atoms with E-state index in [0.717, 1.165) is 5.92 Å². The maximum atomic E-state index is 3.26. The summed E-state index contributed by atoms with van der Waals surface area (Å²) in [4.78, 5) is 2.55. The van der Waals surface area contributed by atoms with Crippen molar-refractivity contribution in [1.29, 1.82) is 0 Å². The molecule has 1 aliphatic heterocycles. The van der Waals surface area contributed by atoms with Crippen LogP contribution in [0.5, 0.6) is 0 Å².